The first kappa shape index (κ1) is 23.8. The minimum atomic E-state index is -4.74. The molecule has 0 unspecified atom stereocenters. The maximum atomic E-state index is 13.9. The zero-order chi connectivity index (χ0) is 25.6. The molecule has 1 amide bonds. The van der Waals surface area contributed by atoms with E-state index < -0.39 is 17.8 Å². The van der Waals surface area contributed by atoms with Crippen molar-refractivity contribution >= 4 is 27.9 Å². The Labute approximate surface area is 208 Å². The molecule has 7 nitrogen and oxygen atoms in total. The van der Waals surface area contributed by atoms with Crippen LogP contribution >= 0.6 is 11.3 Å². The lowest BCUT2D eigenvalue weighted by molar-refractivity contribution is -0.142. The molecular weight excluding hydrogens is 491 g/mol. The van der Waals surface area contributed by atoms with Gasteiger partial charge in [-0.15, -0.1) is 11.3 Å². The number of nitrogens with zero attached hydrogens (tertiary/aromatic N) is 4. The van der Waals surface area contributed by atoms with Crippen LogP contribution in [0.25, 0.3) is 16.9 Å². The van der Waals surface area contributed by atoms with Gasteiger partial charge in [-0.25, -0.2) is 9.50 Å². The number of carbonyl (C=O) groups excluding carboxylic acids is 1. The molecule has 1 atom stereocenters. The Kier molecular flexibility index (Phi) is 5.92. The molecule has 36 heavy (non-hydrogen) atoms. The Balaban J connectivity index is 1.58. The fourth-order valence-electron chi connectivity index (χ4n) is 4.36. The van der Waals surface area contributed by atoms with E-state index in [1.54, 1.807) is 24.3 Å². The molecule has 3 heterocycles. The summed E-state index contributed by atoms with van der Waals surface area (Å²) in [5, 5.41) is 16.7. The van der Waals surface area contributed by atoms with Crippen LogP contribution < -0.4 is 10.1 Å². The average molecular weight is 512 g/mol. The second-order valence-corrected chi connectivity index (χ2v) is 9.77. The molecule has 0 fully saturated rings. The lowest BCUT2D eigenvalue weighted by Gasteiger charge is -2.17. The van der Waals surface area contributed by atoms with Crippen LogP contribution in [0.3, 0.4) is 0 Å². The molecule has 5 rings (SSSR count). The number of methoxy groups -OCH3 is 1. The predicted octanol–water partition coefficient (Wildman–Crippen LogP) is 5.73. The summed E-state index contributed by atoms with van der Waals surface area (Å²) in [5.74, 6) is 0.342. The minimum absolute atomic E-state index is 0.0327. The number of hydrogen-bond acceptors (Lipinski definition) is 6. The van der Waals surface area contributed by atoms with Crippen LogP contribution in [-0.4, -0.2) is 27.6 Å². The number of nitrogens with one attached hydrogen (secondary N) is 1. The van der Waals surface area contributed by atoms with Crippen molar-refractivity contribution < 1.29 is 22.7 Å². The van der Waals surface area contributed by atoms with Crippen LogP contribution in [0.15, 0.2) is 36.5 Å². The topological polar surface area (TPSA) is 92.3 Å². The molecule has 0 saturated carbocycles. The average Bonchev–Trinajstić information content (AvgIpc) is 3.43. The Morgan fingerprint density at radius 2 is 2.06 bits per heavy atom. The minimum Gasteiger partial charge on any atom is -0.497 e. The summed E-state index contributed by atoms with van der Waals surface area (Å²) in [4.78, 5) is 18.6. The monoisotopic (exact) mass is 511 g/mol. The van der Waals surface area contributed by atoms with Gasteiger partial charge in [0.2, 0.25) is 0 Å². The number of rotatable bonds is 4. The van der Waals surface area contributed by atoms with Gasteiger partial charge in [0.1, 0.15) is 22.4 Å². The molecule has 1 aliphatic carbocycles. The van der Waals surface area contributed by atoms with Crippen molar-refractivity contribution in [1.29, 1.82) is 5.26 Å². The van der Waals surface area contributed by atoms with Crippen LogP contribution in [-0.2, 0) is 19.0 Å². The number of nitriles is 1. The number of anilines is 1. The van der Waals surface area contributed by atoms with E-state index in [0.29, 0.717) is 32.3 Å². The fourth-order valence-corrected chi connectivity index (χ4v) is 5.72. The van der Waals surface area contributed by atoms with E-state index in [1.807, 2.05) is 0 Å². The lowest BCUT2D eigenvalue weighted by Crippen LogP contribution is -2.16. The Morgan fingerprint density at radius 3 is 2.72 bits per heavy atom. The van der Waals surface area contributed by atoms with Crippen LogP contribution in [0.2, 0.25) is 0 Å². The summed E-state index contributed by atoms with van der Waals surface area (Å²) in [5.41, 5.74) is 0.384. The van der Waals surface area contributed by atoms with Gasteiger partial charge >= 0.3 is 6.18 Å². The maximum Gasteiger partial charge on any atom is 0.433 e. The van der Waals surface area contributed by atoms with Crippen molar-refractivity contribution in [1.82, 2.24) is 14.6 Å². The van der Waals surface area contributed by atoms with Crippen molar-refractivity contribution in [3.63, 3.8) is 0 Å². The number of alkyl halides is 3. The first-order valence-corrected chi connectivity index (χ1v) is 12.0. The van der Waals surface area contributed by atoms with E-state index >= 15 is 0 Å². The van der Waals surface area contributed by atoms with Crippen molar-refractivity contribution in [2.75, 3.05) is 12.4 Å². The highest BCUT2D eigenvalue weighted by Crippen LogP contribution is 2.39. The maximum absolute atomic E-state index is 13.9. The summed E-state index contributed by atoms with van der Waals surface area (Å²) in [7, 11) is 1.49. The summed E-state index contributed by atoms with van der Waals surface area (Å²) in [6.45, 7) is 2.14. The third-order valence-electron chi connectivity index (χ3n) is 6.24. The number of hydrogen-bond donors (Lipinski definition) is 1. The first-order valence-electron chi connectivity index (χ1n) is 11.2. The van der Waals surface area contributed by atoms with Crippen molar-refractivity contribution in [3.05, 3.63) is 63.8 Å². The number of ether oxygens (including phenoxy) is 1. The lowest BCUT2D eigenvalue weighted by atomic mass is 9.88. The number of halogens is 3. The third kappa shape index (κ3) is 4.18. The summed E-state index contributed by atoms with van der Waals surface area (Å²) < 4.78 is 47.5. The number of amides is 1. The molecule has 1 aliphatic rings. The van der Waals surface area contributed by atoms with E-state index in [1.165, 1.54) is 18.4 Å². The van der Waals surface area contributed by atoms with Crippen LogP contribution in [0.4, 0.5) is 18.2 Å². The molecule has 4 aromatic rings. The number of fused-ring (bicyclic) bond motifs is 2. The quantitative estimate of drug-likeness (QED) is 0.378. The van der Waals surface area contributed by atoms with Gasteiger partial charge in [0.15, 0.2) is 11.3 Å². The molecule has 3 aromatic heterocycles. The molecule has 0 spiro atoms. The number of benzene rings is 1. The van der Waals surface area contributed by atoms with E-state index in [0.717, 1.165) is 42.0 Å². The highest BCUT2D eigenvalue weighted by atomic mass is 32.1. The Bertz CT molecular complexity index is 1520. The summed E-state index contributed by atoms with van der Waals surface area (Å²) >= 11 is 1.34. The first-order chi connectivity index (χ1) is 17.2. The zero-order valence-electron chi connectivity index (χ0n) is 19.3. The molecule has 0 aliphatic heterocycles. The van der Waals surface area contributed by atoms with Gasteiger partial charge < -0.3 is 10.1 Å². The smallest absolute Gasteiger partial charge is 0.433 e. The van der Waals surface area contributed by atoms with Crippen molar-refractivity contribution in [2.45, 2.75) is 32.4 Å². The number of carbonyl (C=O) groups is 1. The van der Waals surface area contributed by atoms with Crippen LogP contribution in [0, 0.1) is 17.2 Å². The van der Waals surface area contributed by atoms with E-state index in [4.69, 9.17) is 4.74 Å². The second kappa shape index (κ2) is 8.95. The molecule has 0 radical (unpaired) electrons. The van der Waals surface area contributed by atoms with E-state index in [9.17, 15) is 23.2 Å². The Hall–Kier alpha value is -3.91. The Morgan fingerprint density at radius 1 is 1.31 bits per heavy atom. The van der Waals surface area contributed by atoms with Crippen LogP contribution in [0.1, 0.15) is 45.4 Å². The van der Waals surface area contributed by atoms with Crippen molar-refractivity contribution in [3.8, 4) is 23.1 Å². The van der Waals surface area contributed by atoms with Gasteiger partial charge in [-0.05, 0) is 61.1 Å². The second-order valence-electron chi connectivity index (χ2n) is 8.67. The molecule has 1 N–H and O–H groups in total. The molecular formula is C25H20F3N5O2S. The standard InChI is InChI=1S/C25H20F3N5O2S/c1-13-3-8-16-17(11-29)24(36-20(16)9-13)32-23(34)18-12-30-33-21(25(26,27)28)10-19(31-22(18)33)14-4-6-15(35-2)7-5-14/h4-7,10,12-13H,3,8-9H2,1-2H3,(H,32,34)/t13-/m0/s1. The zero-order valence-corrected chi connectivity index (χ0v) is 20.1. The predicted molar refractivity (Wildman–Crippen MR) is 128 cm³/mol. The highest BCUT2D eigenvalue weighted by Gasteiger charge is 2.36. The van der Waals surface area contributed by atoms with E-state index in [-0.39, 0.29) is 16.9 Å². The number of thiophene rings is 1. The van der Waals surface area contributed by atoms with Gasteiger partial charge in [-0.3, -0.25) is 4.79 Å². The highest BCUT2D eigenvalue weighted by molar-refractivity contribution is 7.16. The van der Waals surface area contributed by atoms with Gasteiger partial charge in [0.05, 0.1) is 24.6 Å². The van der Waals surface area contributed by atoms with Gasteiger partial charge in [-0.2, -0.15) is 23.5 Å². The van der Waals surface area contributed by atoms with Crippen molar-refractivity contribution in [2.24, 2.45) is 5.92 Å². The van der Waals surface area contributed by atoms with E-state index in [2.05, 4.69) is 28.4 Å². The molecule has 0 bridgehead atoms. The molecule has 1 aromatic carbocycles. The summed E-state index contributed by atoms with van der Waals surface area (Å²) in [6, 6.07) is 9.47. The normalized spacial score (nSPS) is 15.4. The molecule has 184 valence electrons. The van der Waals surface area contributed by atoms with Gasteiger partial charge in [0.25, 0.3) is 5.91 Å². The molecule has 0 saturated heterocycles. The van der Waals surface area contributed by atoms with Gasteiger partial charge in [0, 0.05) is 10.4 Å². The number of aromatic nitrogens is 3. The van der Waals surface area contributed by atoms with Crippen LogP contribution in [0.5, 0.6) is 5.75 Å². The molecule has 11 heteroatoms. The largest absolute Gasteiger partial charge is 0.497 e. The third-order valence-corrected chi connectivity index (χ3v) is 7.41. The summed E-state index contributed by atoms with van der Waals surface area (Å²) in [6.07, 6.45) is -1.14. The fraction of sp³-hybridized carbons (Fsp3) is 0.280. The van der Waals surface area contributed by atoms with Gasteiger partial charge in [-0.1, -0.05) is 6.92 Å². The SMILES string of the molecule is COc1ccc(-c2cc(C(F)(F)F)n3ncc(C(=O)Nc4sc5c(c4C#N)CC[C@H](C)C5)c3n2)cc1.